The van der Waals surface area contributed by atoms with E-state index in [9.17, 15) is 14.4 Å². The number of imide groups is 1. The number of ether oxygens (including phenoxy) is 2. The number of quaternary nitrogens is 1. The quantitative estimate of drug-likeness (QED) is 0.600. The molecule has 26 heavy (non-hydrogen) atoms. The van der Waals surface area contributed by atoms with Crippen molar-refractivity contribution in [3.8, 4) is 5.75 Å². The lowest BCUT2D eigenvalue weighted by Crippen LogP contribution is -2.97. The first kappa shape index (κ1) is 18.4. The van der Waals surface area contributed by atoms with Crippen molar-refractivity contribution in [2.24, 2.45) is 11.8 Å². The Hall–Kier alpha value is -2.41. The molecule has 2 aliphatic heterocycles. The topological polar surface area (TPSA) is 89.5 Å². The smallest absolute Gasteiger partial charge is 0.368 e. The third-order valence-corrected chi connectivity index (χ3v) is 5.53. The number of fused-ring (bicyclic) bond motifs is 1. The molecule has 2 heterocycles. The van der Waals surface area contributed by atoms with E-state index in [1.807, 2.05) is 29.6 Å². The van der Waals surface area contributed by atoms with E-state index in [4.69, 9.17) is 9.47 Å². The molecule has 0 bridgehead atoms. The summed E-state index contributed by atoms with van der Waals surface area (Å²) < 4.78 is 10.4. The lowest BCUT2D eigenvalue weighted by atomic mass is 9.80. The lowest BCUT2D eigenvalue weighted by Gasteiger charge is -2.25. The number of methoxy groups -OCH3 is 1. The summed E-state index contributed by atoms with van der Waals surface area (Å²) >= 11 is 0. The first-order valence-corrected chi connectivity index (χ1v) is 8.91. The van der Waals surface area contributed by atoms with Gasteiger partial charge in [-0.15, -0.1) is 0 Å². The van der Waals surface area contributed by atoms with Crippen molar-refractivity contribution in [3.63, 3.8) is 0 Å². The number of nitrogens with two attached hydrogens (primary N) is 1. The second-order valence-corrected chi connectivity index (χ2v) is 6.89. The number of nitrogens with zero attached hydrogens (tertiary/aromatic N) is 1. The average Bonchev–Trinajstić information content (AvgIpc) is 3.09. The molecule has 2 N–H and O–H groups in total. The highest BCUT2D eigenvalue weighted by molar-refractivity contribution is 6.08. The van der Waals surface area contributed by atoms with E-state index < -0.39 is 23.3 Å². The molecule has 1 aromatic carbocycles. The SMILES string of the molecule is CCOC(=O)[C@]1(C)[NH2+][C@H](c2ccc(OC)cc2)[C@@H]2C(=O)N(CC)C(=O)[C@H]21. The zero-order chi connectivity index (χ0) is 19.1. The number of esters is 1. The molecule has 3 rings (SSSR count). The van der Waals surface area contributed by atoms with E-state index in [0.29, 0.717) is 12.3 Å². The highest BCUT2D eigenvalue weighted by Crippen LogP contribution is 2.44. The number of amides is 2. The zero-order valence-corrected chi connectivity index (χ0v) is 15.5. The Bertz CT molecular complexity index is 732. The normalized spacial score (nSPS) is 30.5. The fourth-order valence-electron chi connectivity index (χ4n) is 4.25. The molecule has 7 heteroatoms. The van der Waals surface area contributed by atoms with Gasteiger partial charge in [-0.1, -0.05) is 0 Å². The van der Waals surface area contributed by atoms with Crippen molar-refractivity contribution in [2.45, 2.75) is 32.4 Å². The molecule has 2 saturated heterocycles. The number of hydrogen-bond donors (Lipinski definition) is 1. The van der Waals surface area contributed by atoms with Crippen molar-refractivity contribution >= 4 is 17.8 Å². The maximum absolute atomic E-state index is 12.9. The standard InChI is InChI=1S/C19H24N2O5/c1-5-21-16(22)13-14(17(21)23)19(3,18(24)26-6-2)20-15(13)11-7-9-12(25-4)10-8-11/h7-10,13-15,20H,5-6H2,1-4H3/p+1/t13-,14+,15-,19-/m1/s1. The van der Waals surface area contributed by atoms with Gasteiger partial charge in [-0.25, -0.2) is 4.79 Å². The molecular formula is C19H25N2O5+. The second kappa shape index (κ2) is 6.72. The molecule has 2 amide bonds. The summed E-state index contributed by atoms with van der Waals surface area (Å²) in [5.74, 6) is -1.55. The Morgan fingerprint density at radius 1 is 1.19 bits per heavy atom. The third kappa shape index (κ3) is 2.58. The first-order chi connectivity index (χ1) is 12.4. The predicted octanol–water partition coefficient (Wildman–Crippen LogP) is 0.256. The van der Waals surface area contributed by atoms with Crippen molar-refractivity contribution in [1.82, 2.24) is 4.90 Å². The number of rotatable bonds is 5. The molecule has 0 aromatic heterocycles. The van der Waals surface area contributed by atoms with Gasteiger partial charge in [0, 0.05) is 19.0 Å². The van der Waals surface area contributed by atoms with Gasteiger partial charge in [0.1, 0.15) is 23.6 Å². The van der Waals surface area contributed by atoms with Gasteiger partial charge in [0.15, 0.2) is 0 Å². The summed E-state index contributed by atoms with van der Waals surface area (Å²) in [5, 5.41) is 1.82. The number of likely N-dealkylation sites (tertiary alicyclic amines) is 1. The molecule has 0 aliphatic carbocycles. The molecule has 0 saturated carbocycles. The number of carbonyl (C=O) groups excluding carboxylic acids is 3. The van der Waals surface area contributed by atoms with Gasteiger partial charge in [0.2, 0.25) is 17.4 Å². The highest BCUT2D eigenvalue weighted by Gasteiger charge is 2.70. The third-order valence-electron chi connectivity index (χ3n) is 5.53. The Kier molecular flexibility index (Phi) is 4.75. The number of hydrogen-bond acceptors (Lipinski definition) is 5. The van der Waals surface area contributed by atoms with E-state index in [2.05, 4.69) is 0 Å². The summed E-state index contributed by atoms with van der Waals surface area (Å²) in [6, 6.07) is 7.06. The van der Waals surface area contributed by atoms with Gasteiger partial charge in [0.05, 0.1) is 13.7 Å². The minimum Gasteiger partial charge on any atom is -0.497 e. The monoisotopic (exact) mass is 361 g/mol. The molecule has 2 fully saturated rings. The Morgan fingerprint density at radius 3 is 2.38 bits per heavy atom. The summed E-state index contributed by atoms with van der Waals surface area (Å²) in [7, 11) is 1.59. The van der Waals surface area contributed by atoms with E-state index in [-0.39, 0.29) is 24.5 Å². The molecule has 4 atom stereocenters. The predicted molar refractivity (Wildman–Crippen MR) is 92.1 cm³/mol. The van der Waals surface area contributed by atoms with Crippen LogP contribution in [0.4, 0.5) is 0 Å². The minimum absolute atomic E-state index is 0.215. The van der Waals surface area contributed by atoms with Crippen molar-refractivity contribution < 1.29 is 29.2 Å². The number of carbonyl (C=O) groups is 3. The average molecular weight is 361 g/mol. The fraction of sp³-hybridized carbons (Fsp3) is 0.526. The van der Waals surface area contributed by atoms with Crippen LogP contribution in [0.1, 0.15) is 32.4 Å². The molecular weight excluding hydrogens is 336 g/mol. The molecule has 140 valence electrons. The summed E-state index contributed by atoms with van der Waals surface area (Å²) in [5.41, 5.74) is -0.241. The van der Waals surface area contributed by atoms with Crippen LogP contribution in [0.5, 0.6) is 5.75 Å². The molecule has 7 nitrogen and oxygen atoms in total. The fourth-order valence-corrected chi connectivity index (χ4v) is 4.25. The van der Waals surface area contributed by atoms with Gasteiger partial charge < -0.3 is 14.8 Å². The van der Waals surface area contributed by atoms with Gasteiger partial charge in [-0.2, -0.15) is 0 Å². The minimum atomic E-state index is -1.12. The van der Waals surface area contributed by atoms with Crippen LogP contribution >= 0.6 is 0 Å². The lowest BCUT2D eigenvalue weighted by molar-refractivity contribution is -0.731. The zero-order valence-electron chi connectivity index (χ0n) is 15.5. The van der Waals surface area contributed by atoms with Gasteiger partial charge in [0.25, 0.3) is 0 Å². The molecule has 0 unspecified atom stereocenters. The summed E-state index contributed by atoms with van der Waals surface area (Å²) in [4.78, 5) is 39.7. The Morgan fingerprint density at radius 2 is 1.85 bits per heavy atom. The molecule has 0 radical (unpaired) electrons. The Labute approximate surface area is 152 Å². The maximum Gasteiger partial charge on any atom is 0.368 e. The van der Waals surface area contributed by atoms with Crippen LogP contribution in [0.15, 0.2) is 24.3 Å². The largest absolute Gasteiger partial charge is 0.497 e. The van der Waals surface area contributed by atoms with Crippen LogP contribution in [-0.4, -0.2) is 48.5 Å². The Balaban J connectivity index is 2.04. The van der Waals surface area contributed by atoms with Crippen molar-refractivity contribution in [1.29, 1.82) is 0 Å². The van der Waals surface area contributed by atoms with E-state index >= 15 is 0 Å². The van der Waals surface area contributed by atoms with E-state index in [0.717, 1.165) is 5.56 Å². The summed E-state index contributed by atoms with van der Waals surface area (Å²) in [6.07, 6.45) is 0. The van der Waals surface area contributed by atoms with Gasteiger partial charge >= 0.3 is 5.97 Å². The van der Waals surface area contributed by atoms with Gasteiger partial charge in [-0.05, 0) is 38.1 Å². The maximum atomic E-state index is 12.9. The van der Waals surface area contributed by atoms with Crippen molar-refractivity contribution in [2.75, 3.05) is 20.3 Å². The first-order valence-electron chi connectivity index (χ1n) is 8.91. The van der Waals surface area contributed by atoms with Crippen LogP contribution in [0.3, 0.4) is 0 Å². The molecule has 0 spiro atoms. The summed E-state index contributed by atoms with van der Waals surface area (Å²) in [6.45, 7) is 5.74. The van der Waals surface area contributed by atoms with Crippen LogP contribution < -0.4 is 10.1 Å². The van der Waals surface area contributed by atoms with Crippen LogP contribution in [0.25, 0.3) is 0 Å². The van der Waals surface area contributed by atoms with Crippen LogP contribution in [-0.2, 0) is 19.1 Å². The second-order valence-electron chi connectivity index (χ2n) is 6.89. The highest BCUT2D eigenvalue weighted by atomic mass is 16.5. The van der Waals surface area contributed by atoms with Crippen molar-refractivity contribution in [3.05, 3.63) is 29.8 Å². The molecule has 2 aliphatic rings. The van der Waals surface area contributed by atoms with Crippen LogP contribution in [0, 0.1) is 11.8 Å². The van der Waals surface area contributed by atoms with E-state index in [1.54, 1.807) is 27.9 Å². The number of benzene rings is 1. The van der Waals surface area contributed by atoms with E-state index in [1.165, 1.54) is 4.90 Å². The van der Waals surface area contributed by atoms with Gasteiger partial charge in [-0.3, -0.25) is 14.5 Å². The molecule has 1 aromatic rings. The van der Waals surface area contributed by atoms with Crippen LogP contribution in [0.2, 0.25) is 0 Å².